The van der Waals surface area contributed by atoms with E-state index in [-0.39, 0.29) is 23.7 Å². The van der Waals surface area contributed by atoms with Crippen LogP contribution in [0.25, 0.3) is 11.3 Å². The zero-order valence-electron chi connectivity index (χ0n) is 9.56. The Morgan fingerprint density at radius 1 is 1.00 bits per heavy atom. The standard InChI is InChI=1S/C14H11NO3/c16-9-3-1-8(2-4-9)11-7-10-12(17)5-6-13(18)14(10)15-11/h1-4,7,15-16H,5-6H2. The van der Waals surface area contributed by atoms with E-state index >= 15 is 0 Å². The van der Waals surface area contributed by atoms with Crippen LogP contribution in [0.4, 0.5) is 0 Å². The number of hydrogen-bond donors (Lipinski definition) is 2. The van der Waals surface area contributed by atoms with Crippen molar-refractivity contribution in [3.8, 4) is 17.0 Å². The van der Waals surface area contributed by atoms with Crippen LogP contribution < -0.4 is 0 Å². The highest BCUT2D eigenvalue weighted by Crippen LogP contribution is 2.28. The Labute approximate surface area is 103 Å². The highest BCUT2D eigenvalue weighted by atomic mass is 16.3. The van der Waals surface area contributed by atoms with Gasteiger partial charge in [-0.25, -0.2) is 0 Å². The Kier molecular flexibility index (Phi) is 2.30. The second kappa shape index (κ2) is 3.84. The van der Waals surface area contributed by atoms with Crippen molar-refractivity contribution >= 4 is 11.6 Å². The molecule has 2 N–H and O–H groups in total. The summed E-state index contributed by atoms with van der Waals surface area (Å²) in [6.45, 7) is 0. The number of phenols is 1. The fourth-order valence-corrected chi connectivity index (χ4v) is 2.18. The summed E-state index contributed by atoms with van der Waals surface area (Å²) in [5.41, 5.74) is 2.45. The Hall–Kier alpha value is -2.36. The molecule has 0 unspecified atom stereocenters. The minimum Gasteiger partial charge on any atom is -0.508 e. The summed E-state index contributed by atoms with van der Waals surface area (Å²) in [5, 5.41) is 9.23. The van der Waals surface area contributed by atoms with Gasteiger partial charge in [0.1, 0.15) is 5.75 Å². The van der Waals surface area contributed by atoms with Gasteiger partial charge in [-0.3, -0.25) is 9.59 Å². The highest BCUT2D eigenvalue weighted by Gasteiger charge is 2.26. The van der Waals surface area contributed by atoms with Crippen molar-refractivity contribution in [1.29, 1.82) is 0 Å². The molecule has 0 saturated carbocycles. The van der Waals surface area contributed by atoms with Gasteiger partial charge in [-0.15, -0.1) is 0 Å². The molecule has 1 heterocycles. The number of nitrogens with one attached hydrogen (secondary N) is 1. The van der Waals surface area contributed by atoms with Gasteiger partial charge in [0.2, 0.25) is 0 Å². The molecule has 4 heteroatoms. The summed E-state index contributed by atoms with van der Waals surface area (Å²) < 4.78 is 0. The Morgan fingerprint density at radius 3 is 2.33 bits per heavy atom. The molecule has 2 aromatic rings. The summed E-state index contributed by atoms with van der Waals surface area (Å²) in [7, 11) is 0. The van der Waals surface area contributed by atoms with E-state index in [9.17, 15) is 14.7 Å². The number of aromatic hydroxyl groups is 1. The smallest absolute Gasteiger partial charge is 0.180 e. The van der Waals surface area contributed by atoms with E-state index in [1.165, 1.54) is 0 Å². The Bertz CT molecular complexity index is 604. The third kappa shape index (κ3) is 1.62. The largest absolute Gasteiger partial charge is 0.508 e. The van der Waals surface area contributed by atoms with E-state index in [0.29, 0.717) is 17.7 Å². The van der Waals surface area contributed by atoms with Crippen LogP contribution in [0.2, 0.25) is 0 Å². The van der Waals surface area contributed by atoms with Crippen LogP contribution in [-0.4, -0.2) is 21.7 Å². The molecule has 1 aromatic heterocycles. The molecule has 4 nitrogen and oxygen atoms in total. The predicted molar refractivity (Wildman–Crippen MR) is 65.8 cm³/mol. The van der Waals surface area contributed by atoms with Crippen molar-refractivity contribution in [2.24, 2.45) is 0 Å². The fraction of sp³-hybridized carbons (Fsp3) is 0.143. The lowest BCUT2D eigenvalue weighted by Gasteiger charge is -2.07. The van der Waals surface area contributed by atoms with Crippen molar-refractivity contribution in [3.05, 3.63) is 41.6 Å². The highest BCUT2D eigenvalue weighted by molar-refractivity contribution is 6.13. The Morgan fingerprint density at radius 2 is 1.67 bits per heavy atom. The summed E-state index contributed by atoms with van der Waals surface area (Å²) in [5.74, 6) is 0.169. The minimum absolute atomic E-state index is 0.00544. The third-order valence-electron chi connectivity index (χ3n) is 3.15. The van der Waals surface area contributed by atoms with Gasteiger partial charge in [0.15, 0.2) is 11.6 Å². The van der Waals surface area contributed by atoms with Crippen molar-refractivity contribution in [2.45, 2.75) is 12.8 Å². The topological polar surface area (TPSA) is 70.2 Å². The van der Waals surface area contributed by atoms with Crippen molar-refractivity contribution in [3.63, 3.8) is 0 Å². The first-order chi connectivity index (χ1) is 8.65. The lowest BCUT2D eigenvalue weighted by molar-refractivity contribution is 0.0888. The van der Waals surface area contributed by atoms with Gasteiger partial charge in [0.25, 0.3) is 0 Å². The number of H-pyrrole nitrogens is 1. The van der Waals surface area contributed by atoms with Crippen LogP contribution in [0.3, 0.4) is 0 Å². The van der Waals surface area contributed by atoms with Crippen molar-refractivity contribution in [2.75, 3.05) is 0 Å². The molecule has 0 bridgehead atoms. The maximum atomic E-state index is 11.7. The first kappa shape index (κ1) is 10.8. The summed E-state index contributed by atoms with van der Waals surface area (Å²) >= 11 is 0. The molecular formula is C14H11NO3. The molecule has 0 amide bonds. The lowest BCUT2D eigenvalue weighted by atomic mass is 9.95. The molecule has 18 heavy (non-hydrogen) atoms. The molecule has 0 fully saturated rings. The molecule has 0 aliphatic heterocycles. The van der Waals surface area contributed by atoms with Crippen molar-refractivity contribution in [1.82, 2.24) is 4.98 Å². The first-order valence-corrected chi connectivity index (χ1v) is 5.74. The monoisotopic (exact) mass is 241 g/mol. The minimum atomic E-state index is -0.0189. The molecule has 0 atom stereocenters. The second-order valence-electron chi connectivity index (χ2n) is 4.36. The fourth-order valence-electron chi connectivity index (χ4n) is 2.18. The van der Waals surface area contributed by atoms with E-state index in [4.69, 9.17) is 0 Å². The number of carbonyl (C=O) groups is 2. The summed E-state index contributed by atoms with van der Waals surface area (Å²) in [6, 6.07) is 8.32. The molecule has 1 aliphatic carbocycles. The number of benzene rings is 1. The number of aromatic amines is 1. The molecule has 90 valence electrons. The molecule has 0 saturated heterocycles. The van der Waals surface area contributed by atoms with E-state index in [2.05, 4.69) is 4.98 Å². The lowest BCUT2D eigenvalue weighted by Crippen LogP contribution is -2.15. The van der Waals surface area contributed by atoms with Crippen LogP contribution in [0.1, 0.15) is 33.7 Å². The third-order valence-corrected chi connectivity index (χ3v) is 3.15. The maximum Gasteiger partial charge on any atom is 0.180 e. The maximum absolute atomic E-state index is 11.7. The van der Waals surface area contributed by atoms with E-state index in [0.717, 1.165) is 11.3 Å². The van der Waals surface area contributed by atoms with Crippen LogP contribution in [0.5, 0.6) is 5.75 Å². The normalized spacial score (nSPS) is 14.7. The van der Waals surface area contributed by atoms with Crippen LogP contribution in [0, 0.1) is 0 Å². The van der Waals surface area contributed by atoms with E-state index in [1.54, 1.807) is 30.3 Å². The molecule has 3 rings (SSSR count). The molecule has 0 radical (unpaired) electrons. The van der Waals surface area contributed by atoms with Gasteiger partial charge in [-0.05, 0) is 35.9 Å². The average molecular weight is 241 g/mol. The van der Waals surface area contributed by atoms with Gasteiger partial charge in [-0.1, -0.05) is 0 Å². The van der Waals surface area contributed by atoms with Crippen LogP contribution >= 0.6 is 0 Å². The SMILES string of the molecule is O=C1CCC(=O)c2[nH]c(-c3ccc(O)cc3)cc21. The van der Waals surface area contributed by atoms with Gasteiger partial charge in [-0.2, -0.15) is 0 Å². The van der Waals surface area contributed by atoms with Crippen LogP contribution in [0.15, 0.2) is 30.3 Å². The molecule has 0 spiro atoms. The molecular weight excluding hydrogens is 230 g/mol. The van der Waals surface area contributed by atoms with Crippen LogP contribution in [-0.2, 0) is 0 Å². The Balaban J connectivity index is 2.10. The van der Waals surface area contributed by atoms with Gasteiger partial charge >= 0.3 is 0 Å². The number of Topliss-reactive ketones (excluding diaryl/α,β-unsaturated/α-hetero) is 2. The molecule has 1 aliphatic rings. The zero-order chi connectivity index (χ0) is 12.7. The quantitative estimate of drug-likeness (QED) is 0.806. The number of aromatic nitrogens is 1. The number of carbonyl (C=O) groups excluding carboxylic acids is 2. The van der Waals surface area contributed by atoms with Gasteiger partial charge in [0.05, 0.1) is 5.69 Å². The molecule has 1 aromatic carbocycles. The van der Waals surface area contributed by atoms with E-state index < -0.39 is 0 Å². The zero-order valence-corrected chi connectivity index (χ0v) is 9.56. The average Bonchev–Trinajstić information content (AvgIpc) is 2.81. The number of rotatable bonds is 1. The van der Waals surface area contributed by atoms with Crippen molar-refractivity contribution < 1.29 is 14.7 Å². The van der Waals surface area contributed by atoms with Gasteiger partial charge in [0, 0.05) is 24.1 Å². The summed E-state index contributed by atoms with van der Waals surface area (Å²) in [4.78, 5) is 26.4. The second-order valence-corrected chi connectivity index (χ2v) is 4.36. The number of phenolic OH excluding ortho intramolecular Hbond substituents is 1. The van der Waals surface area contributed by atoms with Gasteiger partial charge < -0.3 is 10.1 Å². The number of hydrogen-bond acceptors (Lipinski definition) is 3. The first-order valence-electron chi connectivity index (χ1n) is 5.74. The van der Waals surface area contributed by atoms with E-state index in [1.807, 2.05) is 0 Å². The summed E-state index contributed by atoms with van der Waals surface area (Å²) in [6.07, 6.45) is 0.570. The number of fused-ring (bicyclic) bond motifs is 1. The predicted octanol–water partition coefficient (Wildman–Crippen LogP) is 2.55. The number of ketones is 2.